The Morgan fingerprint density at radius 2 is 1.57 bits per heavy atom. The molecule has 0 radical (unpaired) electrons. The molecule has 0 amide bonds. The predicted molar refractivity (Wildman–Crippen MR) is 80.2 cm³/mol. The summed E-state index contributed by atoms with van der Waals surface area (Å²) in [5.41, 5.74) is 0.759. The van der Waals surface area contributed by atoms with Crippen LogP contribution in [0.15, 0.2) is 18.2 Å². The van der Waals surface area contributed by atoms with Crippen LogP contribution < -0.4 is 5.32 Å². The van der Waals surface area contributed by atoms with E-state index >= 15 is 0 Å². The number of nitrogens with zero attached hydrogens (tertiary/aromatic N) is 1. The van der Waals surface area contributed by atoms with Gasteiger partial charge in [0.2, 0.25) is 0 Å². The van der Waals surface area contributed by atoms with E-state index < -0.39 is 11.6 Å². The number of likely N-dealkylation sites (tertiary alicyclic amines) is 1. The Hall–Kier alpha value is -1.00. The van der Waals surface area contributed by atoms with Crippen LogP contribution in [0.5, 0.6) is 0 Å². The van der Waals surface area contributed by atoms with Gasteiger partial charge in [0.15, 0.2) is 0 Å². The van der Waals surface area contributed by atoms with Gasteiger partial charge in [0.05, 0.1) is 6.04 Å². The van der Waals surface area contributed by atoms with Crippen molar-refractivity contribution in [2.75, 3.05) is 20.1 Å². The van der Waals surface area contributed by atoms with Gasteiger partial charge in [-0.05, 0) is 63.5 Å². The molecule has 1 unspecified atom stereocenters. The molecule has 1 aromatic rings. The lowest BCUT2D eigenvalue weighted by molar-refractivity contribution is 0.0794. The molecular weight excluding hydrogens is 270 g/mol. The van der Waals surface area contributed by atoms with Crippen molar-refractivity contribution in [3.05, 3.63) is 35.4 Å². The van der Waals surface area contributed by atoms with E-state index in [1.807, 2.05) is 7.05 Å². The number of rotatable bonds is 4. The first-order valence-electron chi connectivity index (χ1n) is 8.04. The molecule has 0 aromatic heterocycles. The van der Waals surface area contributed by atoms with Crippen LogP contribution in [0, 0.1) is 11.6 Å². The molecule has 2 aliphatic rings. The summed E-state index contributed by atoms with van der Waals surface area (Å²) >= 11 is 0. The second-order valence-electron chi connectivity index (χ2n) is 6.43. The summed E-state index contributed by atoms with van der Waals surface area (Å²) in [6, 6.07) is 3.91. The average Bonchev–Trinajstić information content (AvgIpc) is 3.10. The lowest BCUT2D eigenvalue weighted by atomic mass is 9.82. The fourth-order valence-electron chi connectivity index (χ4n) is 4.42. The summed E-state index contributed by atoms with van der Waals surface area (Å²) in [6.07, 6.45) is 7.08. The van der Waals surface area contributed by atoms with E-state index in [-0.39, 0.29) is 11.6 Å². The van der Waals surface area contributed by atoms with Gasteiger partial charge < -0.3 is 5.32 Å². The van der Waals surface area contributed by atoms with Crippen LogP contribution >= 0.6 is 0 Å². The molecule has 116 valence electrons. The van der Waals surface area contributed by atoms with Gasteiger partial charge in [-0.1, -0.05) is 12.8 Å². The molecular formula is C17H24F2N2. The molecule has 1 saturated heterocycles. The molecule has 0 spiro atoms. The molecule has 0 bridgehead atoms. The zero-order valence-corrected chi connectivity index (χ0v) is 12.7. The lowest BCUT2D eigenvalue weighted by Gasteiger charge is -2.45. The summed E-state index contributed by atoms with van der Waals surface area (Å²) < 4.78 is 27.3. The summed E-state index contributed by atoms with van der Waals surface area (Å²) in [5.74, 6) is -0.973. The minimum Gasteiger partial charge on any atom is -0.311 e. The van der Waals surface area contributed by atoms with Crippen LogP contribution in [-0.4, -0.2) is 30.6 Å². The predicted octanol–water partition coefficient (Wildman–Crippen LogP) is 3.63. The van der Waals surface area contributed by atoms with Crippen molar-refractivity contribution >= 4 is 0 Å². The van der Waals surface area contributed by atoms with E-state index in [4.69, 9.17) is 0 Å². The topological polar surface area (TPSA) is 15.3 Å². The molecule has 1 atom stereocenters. The van der Waals surface area contributed by atoms with Crippen molar-refractivity contribution < 1.29 is 8.78 Å². The Labute approximate surface area is 125 Å². The maximum absolute atomic E-state index is 13.6. The van der Waals surface area contributed by atoms with Gasteiger partial charge in [-0.2, -0.15) is 0 Å². The van der Waals surface area contributed by atoms with Gasteiger partial charge in [0, 0.05) is 11.6 Å². The molecule has 2 nitrogen and oxygen atoms in total. The number of halogens is 2. The summed E-state index contributed by atoms with van der Waals surface area (Å²) in [7, 11) is 1.91. The summed E-state index contributed by atoms with van der Waals surface area (Å²) in [5, 5.41) is 3.36. The van der Waals surface area contributed by atoms with Gasteiger partial charge in [-0.25, -0.2) is 8.78 Å². The molecule has 1 aliphatic heterocycles. The van der Waals surface area contributed by atoms with E-state index in [0.717, 1.165) is 37.6 Å². The molecule has 3 rings (SSSR count). The number of hydrogen-bond acceptors (Lipinski definition) is 2. The van der Waals surface area contributed by atoms with Gasteiger partial charge in [-0.15, -0.1) is 0 Å². The van der Waals surface area contributed by atoms with E-state index in [2.05, 4.69) is 10.2 Å². The van der Waals surface area contributed by atoms with Crippen LogP contribution in [-0.2, 0) is 0 Å². The maximum Gasteiger partial charge on any atom is 0.126 e. The van der Waals surface area contributed by atoms with Crippen molar-refractivity contribution in [1.82, 2.24) is 10.2 Å². The highest BCUT2D eigenvalue weighted by atomic mass is 19.1. The van der Waals surface area contributed by atoms with Gasteiger partial charge in [-0.3, -0.25) is 4.90 Å². The number of likely N-dealkylation sites (N-methyl/N-ethyl adjacent to an activating group) is 1. The number of hydrogen-bond donors (Lipinski definition) is 1. The highest BCUT2D eigenvalue weighted by Crippen LogP contribution is 2.45. The Kier molecular flexibility index (Phi) is 4.27. The smallest absolute Gasteiger partial charge is 0.126 e. The van der Waals surface area contributed by atoms with Crippen LogP contribution in [0.1, 0.15) is 50.1 Å². The monoisotopic (exact) mass is 294 g/mol. The third kappa shape index (κ3) is 2.71. The highest BCUT2D eigenvalue weighted by Gasteiger charge is 2.46. The maximum atomic E-state index is 13.6. The second-order valence-corrected chi connectivity index (χ2v) is 6.43. The third-order valence-electron chi connectivity index (χ3n) is 5.25. The van der Waals surface area contributed by atoms with E-state index in [1.165, 1.54) is 37.8 Å². The first-order valence-corrected chi connectivity index (χ1v) is 8.04. The van der Waals surface area contributed by atoms with Crippen LogP contribution in [0.2, 0.25) is 0 Å². The third-order valence-corrected chi connectivity index (χ3v) is 5.25. The fourth-order valence-corrected chi connectivity index (χ4v) is 4.42. The molecule has 1 saturated carbocycles. The molecule has 1 aromatic carbocycles. The zero-order valence-electron chi connectivity index (χ0n) is 12.7. The molecule has 1 heterocycles. The highest BCUT2D eigenvalue weighted by molar-refractivity contribution is 5.26. The Morgan fingerprint density at radius 1 is 1.00 bits per heavy atom. The molecule has 21 heavy (non-hydrogen) atoms. The van der Waals surface area contributed by atoms with Gasteiger partial charge >= 0.3 is 0 Å². The van der Waals surface area contributed by atoms with Crippen LogP contribution in [0.3, 0.4) is 0 Å². The number of nitrogens with one attached hydrogen (secondary N) is 1. The Bertz CT molecular complexity index is 471. The van der Waals surface area contributed by atoms with E-state index in [1.54, 1.807) is 0 Å². The SMILES string of the molecule is CNC(c1cc(F)cc(F)c1)C1(N2CCCC2)CCCC1. The van der Waals surface area contributed by atoms with Crippen molar-refractivity contribution in [2.24, 2.45) is 0 Å². The summed E-state index contributed by atoms with van der Waals surface area (Å²) in [6.45, 7) is 2.21. The first-order chi connectivity index (χ1) is 10.2. The van der Waals surface area contributed by atoms with Crippen molar-refractivity contribution in [3.8, 4) is 0 Å². The lowest BCUT2D eigenvalue weighted by Crippen LogP contribution is -2.53. The van der Waals surface area contributed by atoms with Crippen molar-refractivity contribution in [2.45, 2.75) is 50.1 Å². The second kappa shape index (κ2) is 6.01. The van der Waals surface area contributed by atoms with Gasteiger partial charge in [0.1, 0.15) is 11.6 Å². The van der Waals surface area contributed by atoms with E-state index in [9.17, 15) is 8.78 Å². The Balaban J connectivity index is 1.98. The Morgan fingerprint density at radius 3 is 2.10 bits per heavy atom. The normalized spacial score (nSPS) is 23.6. The van der Waals surface area contributed by atoms with Crippen molar-refractivity contribution in [1.29, 1.82) is 0 Å². The quantitative estimate of drug-likeness (QED) is 0.912. The van der Waals surface area contributed by atoms with Crippen molar-refractivity contribution in [3.63, 3.8) is 0 Å². The minimum atomic E-state index is -0.486. The standard InChI is InChI=1S/C17H24F2N2/c1-20-16(13-10-14(18)12-15(19)11-13)17(6-2-3-7-17)21-8-4-5-9-21/h10-12,16,20H,2-9H2,1H3. The molecule has 1 aliphatic carbocycles. The van der Waals surface area contributed by atoms with Crippen LogP contribution in [0.25, 0.3) is 0 Å². The average molecular weight is 294 g/mol. The van der Waals surface area contributed by atoms with E-state index in [0.29, 0.717) is 0 Å². The zero-order chi connectivity index (χ0) is 14.9. The van der Waals surface area contributed by atoms with Gasteiger partial charge in [0.25, 0.3) is 0 Å². The molecule has 1 N–H and O–H groups in total. The van der Waals surface area contributed by atoms with Crippen LogP contribution in [0.4, 0.5) is 8.78 Å². The fraction of sp³-hybridized carbons (Fsp3) is 0.647. The molecule has 2 fully saturated rings. The minimum absolute atomic E-state index is 0.0108. The number of benzene rings is 1. The first kappa shape index (κ1) is 14.9. The summed E-state index contributed by atoms with van der Waals surface area (Å²) in [4.78, 5) is 2.56. The largest absolute Gasteiger partial charge is 0.311 e. The molecule has 4 heteroatoms.